The number of benzene rings is 2. The molecule has 0 unspecified atom stereocenters. The molecule has 0 aliphatic rings. The molecule has 31 heavy (non-hydrogen) atoms. The second-order valence-corrected chi connectivity index (χ2v) is 7.14. The van der Waals surface area contributed by atoms with Crippen LogP contribution in [0.3, 0.4) is 0 Å². The number of oxazole rings is 1. The molecule has 0 aliphatic heterocycles. The Morgan fingerprint density at radius 2 is 1.94 bits per heavy atom. The van der Waals surface area contributed by atoms with Crippen LogP contribution in [0, 0.1) is 5.82 Å². The van der Waals surface area contributed by atoms with Gasteiger partial charge < -0.3 is 14.2 Å². The smallest absolute Gasteiger partial charge is 0.291 e. The fraction of sp³-hybridized carbons (Fsp3) is 0. The maximum atomic E-state index is 14.5. The van der Waals surface area contributed by atoms with Gasteiger partial charge in [0.2, 0.25) is 5.89 Å². The van der Waals surface area contributed by atoms with Gasteiger partial charge in [0.15, 0.2) is 17.0 Å². The van der Waals surface area contributed by atoms with Crippen LogP contribution >= 0.6 is 11.6 Å². The summed E-state index contributed by atoms with van der Waals surface area (Å²) in [7, 11) is 0. The largest absolute Gasteiger partial charge is 0.459 e. The summed E-state index contributed by atoms with van der Waals surface area (Å²) in [6.07, 6.45) is 3.05. The third-order valence-corrected chi connectivity index (χ3v) is 4.84. The number of rotatable bonds is 4. The zero-order chi connectivity index (χ0) is 21.4. The van der Waals surface area contributed by atoms with E-state index in [2.05, 4.69) is 15.3 Å². The highest BCUT2D eigenvalue weighted by Gasteiger charge is 2.17. The van der Waals surface area contributed by atoms with Crippen molar-refractivity contribution in [1.82, 2.24) is 9.97 Å². The lowest BCUT2D eigenvalue weighted by Crippen LogP contribution is -2.10. The molecule has 0 bridgehead atoms. The van der Waals surface area contributed by atoms with E-state index in [1.54, 1.807) is 24.4 Å². The summed E-state index contributed by atoms with van der Waals surface area (Å²) in [4.78, 5) is 20.8. The van der Waals surface area contributed by atoms with E-state index in [1.165, 1.54) is 30.5 Å². The van der Waals surface area contributed by atoms with E-state index >= 15 is 0 Å². The predicted molar refractivity (Wildman–Crippen MR) is 114 cm³/mol. The number of furan rings is 1. The fourth-order valence-corrected chi connectivity index (χ4v) is 3.32. The Bertz CT molecular complexity index is 1410. The van der Waals surface area contributed by atoms with Crippen LogP contribution in [0.4, 0.5) is 10.1 Å². The van der Waals surface area contributed by atoms with Crippen LogP contribution < -0.4 is 5.32 Å². The third kappa shape index (κ3) is 3.78. The molecule has 0 atom stereocenters. The molecule has 6 nitrogen and oxygen atoms in total. The van der Waals surface area contributed by atoms with Gasteiger partial charge in [0.1, 0.15) is 5.82 Å². The maximum absolute atomic E-state index is 14.5. The minimum absolute atomic E-state index is 0.0531. The molecule has 5 rings (SSSR count). The molecular weight excluding hydrogens is 421 g/mol. The highest BCUT2D eigenvalue weighted by atomic mass is 35.5. The zero-order valence-electron chi connectivity index (χ0n) is 15.8. The SMILES string of the molecule is O=C(Nc1ccc(F)c(-c2nc3ncc(-c4cccc(Cl)c4)cc3o2)c1)c1ccco1. The summed E-state index contributed by atoms with van der Waals surface area (Å²) in [5.74, 6) is -0.798. The van der Waals surface area contributed by atoms with Crippen LogP contribution in [-0.2, 0) is 0 Å². The average molecular weight is 434 g/mol. The van der Waals surface area contributed by atoms with Gasteiger partial charge in [-0.2, -0.15) is 4.98 Å². The van der Waals surface area contributed by atoms with Gasteiger partial charge in [0, 0.05) is 22.5 Å². The zero-order valence-corrected chi connectivity index (χ0v) is 16.6. The number of hydrogen-bond acceptors (Lipinski definition) is 5. The number of anilines is 1. The summed E-state index contributed by atoms with van der Waals surface area (Å²) in [6.45, 7) is 0. The molecule has 0 spiro atoms. The number of aromatic nitrogens is 2. The molecule has 0 saturated heterocycles. The Hall–Kier alpha value is -3.97. The monoisotopic (exact) mass is 433 g/mol. The first kappa shape index (κ1) is 19.0. The van der Waals surface area contributed by atoms with Gasteiger partial charge in [0.25, 0.3) is 5.91 Å². The molecule has 152 valence electrons. The predicted octanol–water partition coefficient (Wildman–Crippen LogP) is 6.19. The van der Waals surface area contributed by atoms with Crippen molar-refractivity contribution in [2.75, 3.05) is 5.32 Å². The molecule has 0 radical (unpaired) electrons. The van der Waals surface area contributed by atoms with E-state index in [4.69, 9.17) is 20.4 Å². The highest BCUT2D eigenvalue weighted by molar-refractivity contribution is 6.30. The topological polar surface area (TPSA) is 81.2 Å². The molecule has 5 aromatic rings. The van der Waals surface area contributed by atoms with E-state index in [0.29, 0.717) is 21.9 Å². The summed E-state index contributed by atoms with van der Waals surface area (Å²) >= 11 is 6.06. The molecule has 1 N–H and O–H groups in total. The molecule has 3 heterocycles. The molecule has 0 saturated carbocycles. The lowest BCUT2D eigenvalue weighted by atomic mass is 10.1. The van der Waals surface area contributed by atoms with Crippen LogP contribution in [0.5, 0.6) is 0 Å². The van der Waals surface area contributed by atoms with Crippen LogP contribution in [0.1, 0.15) is 10.6 Å². The Morgan fingerprint density at radius 3 is 2.74 bits per heavy atom. The molecule has 8 heteroatoms. The first-order valence-corrected chi connectivity index (χ1v) is 9.62. The summed E-state index contributed by atoms with van der Waals surface area (Å²) in [5, 5.41) is 3.26. The third-order valence-electron chi connectivity index (χ3n) is 4.60. The lowest BCUT2D eigenvalue weighted by Gasteiger charge is -2.05. The number of nitrogens with one attached hydrogen (secondary N) is 1. The Balaban J connectivity index is 1.49. The molecular formula is C23H13ClFN3O3. The van der Waals surface area contributed by atoms with Crippen LogP contribution in [0.2, 0.25) is 5.02 Å². The number of fused-ring (bicyclic) bond motifs is 1. The first-order valence-electron chi connectivity index (χ1n) is 9.24. The molecule has 3 aromatic heterocycles. The van der Waals surface area contributed by atoms with Crippen LogP contribution in [-0.4, -0.2) is 15.9 Å². The van der Waals surface area contributed by atoms with Crippen molar-refractivity contribution >= 4 is 34.4 Å². The minimum atomic E-state index is -0.544. The van der Waals surface area contributed by atoms with E-state index in [9.17, 15) is 9.18 Å². The first-order chi connectivity index (χ1) is 15.1. The van der Waals surface area contributed by atoms with Crippen molar-refractivity contribution in [2.24, 2.45) is 0 Å². The minimum Gasteiger partial charge on any atom is -0.459 e. The van der Waals surface area contributed by atoms with E-state index in [-0.39, 0.29) is 17.2 Å². The van der Waals surface area contributed by atoms with Crippen molar-refractivity contribution in [3.63, 3.8) is 0 Å². The van der Waals surface area contributed by atoms with Crippen molar-refractivity contribution in [1.29, 1.82) is 0 Å². The lowest BCUT2D eigenvalue weighted by molar-refractivity contribution is 0.0996. The van der Waals surface area contributed by atoms with Gasteiger partial charge >= 0.3 is 0 Å². The van der Waals surface area contributed by atoms with Gasteiger partial charge in [-0.15, -0.1) is 0 Å². The molecule has 2 aromatic carbocycles. The number of pyridine rings is 1. The van der Waals surface area contributed by atoms with Gasteiger partial charge in [-0.05, 0) is 54.1 Å². The van der Waals surface area contributed by atoms with Gasteiger partial charge in [-0.1, -0.05) is 23.7 Å². The summed E-state index contributed by atoms with van der Waals surface area (Å²) in [5.41, 5.74) is 2.86. The Labute approximate surface area is 180 Å². The Kier molecular flexibility index (Phi) is 4.72. The van der Waals surface area contributed by atoms with E-state index in [0.717, 1.165) is 11.1 Å². The number of carbonyl (C=O) groups is 1. The van der Waals surface area contributed by atoms with Crippen LogP contribution in [0.15, 0.2) is 82.0 Å². The molecule has 0 aliphatic carbocycles. The van der Waals surface area contributed by atoms with E-state index in [1.807, 2.05) is 18.2 Å². The maximum Gasteiger partial charge on any atom is 0.291 e. The van der Waals surface area contributed by atoms with E-state index < -0.39 is 11.7 Å². The number of carbonyl (C=O) groups excluding carboxylic acids is 1. The quantitative estimate of drug-likeness (QED) is 0.365. The Morgan fingerprint density at radius 1 is 1.03 bits per heavy atom. The second-order valence-electron chi connectivity index (χ2n) is 6.70. The number of hydrogen-bond donors (Lipinski definition) is 1. The van der Waals surface area contributed by atoms with Crippen molar-refractivity contribution < 1.29 is 18.0 Å². The highest BCUT2D eigenvalue weighted by Crippen LogP contribution is 2.30. The summed E-state index contributed by atoms with van der Waals surface area (Å²) in [6, 6.07) is 16.4. The number of nitrogens with zero attached hydrogens (tertiary/aromatic N) is 2. The van der Waals surface area contributed by atoms with Crippen molar-refractivity contribution in [2.45, 2.75) is 0 Å². The van der Waals surface area contributed by atoms with Gasteiger partial charge in [-0.3, -0.25) is 4.79 Å². The number of amides is 1. The standard InChI is InChI=1S/C23H13ClFN3O3/c24-15-4-1-3-13(9-15)14-10-20-21(26-12-14)28-23(31-20)17-11-16(6-7-18(17)25)27-22(29)19-5-2-8-30-19/h1-12H,(H,27,29). The van der Waals surface area contributed by atoms with Crippen molar-refractivity contribution in [3.8, 4) is 22.6 Å². The van der Waals surface area contributed by atoms with Crippen molar-refractivity contribution in [3.05, 3.63) is 89.7 Å². The fourth-order valence-electron chi connectivity index (χ4n) is 3.13. The average Bonchev–Trinajstić information content (AvgIpc) is 3.44. The number of halogens is 2. The second kappa shape index (κ2) is 7.70. The molecule has 1 amide bonds. The summed E-state index contributed by atoms with van der Waals surface area (Å²) < 4.78 is 25.4. The molecule has 0 fully saturated rings. The normalized spacial score (nSPS) is 11.0. The van der Waals surface area contributed by atoms with Gasteiger partial charge in [0.05, 0.1) is 11.8 Å². The van der Waals surface area contributed by atoms with Gasteiger partial charge in [-0.25, -0.2) is 9.37 Å². The van der Waals surface area contributed by atoms with Crippen LogP contribution in [0.25, 0.3) is 33.8 Å².